The van der Waals surface area contributed by atoms with E-state index in [0.717, 1.165) is 6.42 Å². The maximum Gasteiger partial charge on any atom is 0.110 e. The molecule has 4 fully saturated rings. The average molecular weight is 370 g/mol. The first-order valence-electron chi connectivity index (χ1n) is 9.94. The van der Waals surface area contributed by atoms with Gasteiger partial charge in [0, 0.05) is 16.7 Å². The Balaban J connectivity index is 1.91. The van der Waals surface area contributed by atoms with E-state index in [1.807, 2.05) is 0 Å². The Morgan fingerprint density at radius 2 is 1.42 bits per heavy atom. The predicted molar refractivity (Wildman–Crippen MR) is 94.0 cm³/mol. The molecule has 10 atom stereocenters. The second-order valence-corrected chi connectivity index (χ2v) is 10.8. The van der Waals surface area contributed by atoms with Gasteiger partial charge in [0.2, 0.25) is 0 Å². The average Bonchev–Trinajstić information content (AvgIpc) is 2.85. The number of aliphatic hydroxyl groups is 6. The summed E-state index contributed by atoms with van der Waals surface area (Å²) in [5.41, 5.74) is -6.05. The lowest BCUT2D eigenvalue weighted by atomic mass is 9.58. The molecule has 6 heteroatoms. The van der Waals surface area contributed by atoms with Gasteiger partial charge in [-0.15, -0.1) is 0 Å². The van der Waals surface area contributed by atoms with Crippen LogP contribution in [-0.2, 0) is 0 Å². The summed E-state index contributed by atoms with van der Waals surface area (Å²) in [4.78, 5) is 0. The molecular formula is C20H34O6. The molecule has 0 aromatic heterocycles. The minimum absolute atomic E-state index is 0.0163. The molecule has 4 rings (SSSR count). The van der Waals surface area contributed by atoms with Gasteiger partial charge in [-0.1, -0.05) is 13.8 Å². The molecule has 0 amide bonds. The molecule has 0 aliphatic heterocycles. The second kappa shape index (κ2) is 5.02. The van der Waals surface area contributed by atoms with E-state index in [1.54, 1.807) is 27.7 Å². The zero-order valence-electron chi connectivity index (χ0n) is 16.2. The predicted octanol–water partition coefficient (Wildman–Crippen LogP) is 0.168. The van der Waals surface area contributed by atoms with Gasteiger partial charge in [-0.2, -0.15) is 0 Å². The van der Waals surface area contributed by atoms with Crippen molar-refractivity contribution in [1.82, 2.24) is 0 Å². The summed E-state index contributed by atoms with van der Waals surface area (Å²) in [6, 6.07) is 0. The van der Waals surface area contributed by atoms with Gasteiger partial charge >= 0.3 is 0 Å². The summed E-state index contributed by atoms with van der Waals surface area (Å²) in [6.45, 7) is 6.83. The van der Waals surface area contributed by atoms with Gasteiger partial charge in [0.25, 0.3) is 0 Å². The molecule has 0 radical (unpaired) electrons. The van der Waals surface area contributed by atoms with Crippen molar-refractivity contribution in [3.63, 3.8) is 0 Å². The first-order chi connectivity index (χ1) is 11.7. The fraction of sp³-hybridized carbons (Fsp3) is 1.00. The quantitative estimate of drug-likeness (QED) is 0.361. The van der Waals surface area contributed by atoms with Gasteiger partial charge in [0.05, 0.1) is 23.4 Å². The lowest BCUT2D eigenvalue weighted by molar-refractivity contribution is -0.216. The van der Waals surface area contributed by atoms with Crippen LogP contribution >= 0.6 is 0 Å². The van der Waals surface area contributed by atoms with Crippen LogP contribution < -0.4 is 0 Å². The molecule has 6 N–H and O–H groups in total. The lowest BCUT2D eigenvalue weighted by Crippen LogP contribution is -2.63. The summed E-state index contributed by atoms with van der Waals surface area (Å²) in [5.74, 6) is -1.09. The number of rotatable bonds is 0. The van der Waals surface area contributed by atoms with Crippen molar-refractivity contribution in [2.45, 2.75) is 94.9 Å². The van der Waals surface area contributed by atoms with Crippen LogP contribution in [0.25, 0.3) is 0 Å². The Bertz CT molecular complexity index is 615. The molecule has 2 bridgehead atoms. The molecule has 4 aliphatic carbocycles. The molecule has 0 saturated heterocycles. The van der Waals surface area contributed by atoms with E-state index < -0.39 is 51.9 Å². The molecule has 6 nitrogen and oxygen atoms in total. The van der Waals surface area contributed by atoms with Gasteiger partial charge in [-0.25, -0.2) is 0 Å². The third kappa shape index (κ3) is 1.89. The Hall–Kier alpha value is -0.240. The van der Waals surface area contributed by atoms with Gasteiger partial charge in [-0.3, -0.25) is 0 Å². The Morgan fingerprint density at radius 3 is 2.04 bits per heavy atom. The van der Waals surface area contributed by atoms with Gasteiger partial charge in [0.15, 0.2) is 0 Å². The highest BCUT2D eigenvalue weighted by atomic mass is 16.4. The summed E-state index contributed by atoms with van der Waals surface area (Å²) in [7, 11) is 0. The Labute approximate surface area is 154 Å². The highest BCUT2D eigenvalue weighted by molar-refractivity contribution is 5.26. The number of hydrogen-bond acceptors (Lipinski definition) is 6. The van der Waals surface area contributed by atoms with E-state index in [0.29, 0.717) is 19.3 Å². The molecule has 0 aromatic carbocycles. The summed E-state index contributed by atoms with van der Waals surface area (Å²) < 4.78 is 0. The standard InChI is InChI=1S/C20H34O6/c1-16(2)13(21)7-12-18(4,25)11-6-5-10-8-19(11,9-17(10,3)24)14(22)15(23)20(12,16)26/h10-15,21-26H,5-9H2,1-4H3/t10-,11+,12+,13+,14-,15-,17-,18-,19-,20+/m1/s1. The van der Waals surface area contributed by atoms with Crippen LogP contribution in [0.1, 0.15) is 59.8 Å². The first kappa shape index (κ1) is 19.1. The SMILES string of the molecule is CC1(C)[C@@H](O)C[C@H]2[C@](C)(O)[C@@H]3CC[C@@H]4C[C@]3(C[C@@]4(C)O)[C@H](O)[C@@H](O)[C@@]21O. The third-order valence-corrected chi connectivity index (χ3v) is 9.30. The lowest BCUT2D eigenvalue weighted by Gasteiger charge is -2.50. The topological polar surface area (TPSA) is 121 Å². The largest absolute Gasteiger partial charge is 0.392 e. The van der Waals surface area contributed by atoms with Crippen molar-refractivity contribution in [2.24, 2.45) is 28.6 Å². The number of hydrogen-bond donors (Lipinski definition) is 6. The molecule has 1 spiro atoms. The third-order valence-electron chi connectivity index (χ3n) is 9.30. The summed E-state index contributed by atoms with van der Waals surface area (Å²) >= 11 is 0. The molecule has 0 unspecified atom stereocenters. The molecule has 150 valence electrons. The molecule has 0 heterocycles. The first-order valence-corrected chi connectivity index (χ1v) is 9.94. The highest BCUT2D eigenvalue weighted by Gasteiger charge is 2.76. The molecular weight excluding hydrogens is 336 g/mol. The summed E-state index contributed by atoms with van der Waals surface area (Å²) in [5, 5.41) is 67.3. The Kier molecular flexibility index (Phi) is 3.69. The van der Waals surface area contributed by atoms with Crippen molar-refractivity contribution in [1.29, 1.82) is 0 Å². The van der Waals surface area contributed by atoms with Crippen molar-refractivity contribution in [3.8, 4) is 0 Å². The zero-order chi connectivity index (χ0) is 19.5. The summed E-state index contributed by atoms with van der Waals surface area (Å²) in [6.07, 6.45) is -1.27. The van der Waals surface area contributed by atoms with E-state index in [2.05, 4.69) is 0 Å². The van der Waals surface area contributed by atoms with Gasteiger partial charge in [0.1, 0.15) is 11.7 Å². The fourth-order valence-electron chi connectivity index (χ4n) is 7.68. The number of aliphatic hydroxyl groups excluding tert-OH is 3. The zero-order valence-corrected chi connectivity index (χ0v) is 16.2. The maximum absolute atomic E-state index is 11.7. The number of fused-ring (bicyclic) bond motifs is 2. The molecule has 0 aromatic rings. The van der Waals surface area contributed by atoms with Crippen LogP contribution in [0.5, 0.6) is 0 Å². The minimum Gasteiger partial charge on any atom is -0.392 e. The van der Waals surface area contributed by atoms with Crippen LogP contribution in [-0.4, -0.2) is 65.8 Å². The highest BCUT2D eigenvalue weighted by Crippen LogP contribution is 2.69. The fourth-order valence-corrected chi connectivity index (χ4v) is 7.68. The van der Waals surface area contributed by atoms with Gasteiger partial charge < -0.3 is 30.6 Å². The van der Waals surface area contributed by atoms with Gasteiger partial charge in [-0.05, 0) is 57.8 Å². The van der Waals surface area contributed by atoms with Crippen molar-refractivity contribution in [2.75, 3.05) is 0 Å². The normalized spacial score (nSPS) is 63.9. The van der Waals surface area contributed by atoms with E-state index >= 15 is 0 Å². The molecule has 26 heavy (non-hydrogen) atoms. The molecule has 4 saturated carbocycles. The Morgan fingerprint density at radius 1 is 0.808 bits per heavy atom. The van der Waals surface area contributed by atoms with E-state index in [4.69, 9.17) is 0 Å². The van der Waals surface area contributed by atoms with E-state index in [9.17, 15) is 30.6 Å². The van der Waals surface area contributed by atoms with Crippen LogP contribution in [0.3, 0.4) is 0 Å². The van der Waals surface area contributed by atoms with Crippen molar-refractivity contribution in [3.05, 3.63) is 0 Å². The maximum atomic E-state index is 11.7. The smallest absolute Gasteiger partial charge is 0.110 e. The van der Waals surface area contributed by atoms with Crippen LogP contribution in [0.2, 0.25) is 0 Å². The van der Waals surface area contributed by atoms with Crippen LogP contribution in [0, 0.1) is 28.6 Å². The van der Waals surface area contributed by atoms with Crippen molar-refractivity contribution >= 4 is 0 Å². The molecule has 4 aliphatic rings. The van der Waals surface area contributed by atoms with Crippen LogP contribution in [0.15, 0.2) is 0 Å². The minimum atomic E-state index is -1.81. The second-order valence-electron chi connectivity index (χ2n) is 10.8. The van der Waals surface area contributed by atoms with Crippen LogP contribution in [0.4, 0.5) is 0 Å². The van der Waals surface area contributed by atoms with E-state index in [-0.39, 0.29) is 18.3 Å². The monoisotopic (exact) mass is 370 g/mol. The van der Waals surface area contributed by atoms with Crippen molar-refractivity contribution < 1.29 is 30.6 Å². The van der Waals surface area contributed by atoms with E-state index in [1.165, 1.54) is 0 Å².